The zero-order chi connectivity index (χ0) is 18.9. The Morgan fingerprint density at radius 2 is 1.67 bits per heavy atom. The first-order chi connectivity index (χ1) is 12.9. The maximum Gasteiger partial charge on any atom is 0.417 e. The van der Waals surface area contributed by atoms with Crippen LogP contribution in [0, 0.1) is 0 Å². The molecule has 0 radical (unpaired) electrons. The summed E-state index contributed by atoms with van der Waals surface area (Å²) in [7, 11) is -3.72. The topological polar surface area (TPSA) is 104 Å². The molecule has 1 aromatic rings. The molecule has 4 aliphatic rings. The number of imide groups is 1. The van der Waals surface area contributed by atoms with Gasteiger partial charge in [-0.15, -0.1) is 0 Å². The van der Waals surface area contributed by atoms with E-state index in [1.54, 1.807) is 17.0 Å². The van der Waals surface area contributed by atoms with E-state index in [-0.39, 0.29) is 30.5 Å². The van der Waals surface area contributed by atoms with Crippen molar-refractivity contribution in [2.75, 3.05) is 31.1 Å². The third-order valence-corrected chi connectivity index (χ3v) is 7.45. The van der Waals surface area contributed by atoms with Crippen LogP contribution in [-0.2, 0) is 37.2 Å². The first kappa shape index (κ1) is 16.7. The van der Waals surface area contributed by atoms with Crippen LogP contribution in [0.4, 0.5) is 10.5 Å². The van der Waals surface area contributed by atoms with Gasteiger partial charge in [0.15, 0.2) is 6.61 Å². The van der Waals surface area contributed by atoms with E-state index in [0.29, 0.717) is 25.8 Å². The minimum absolute atomic E-state index is 0.0696. The van der Waals surface area contributed by atoms with Crippen LogP contribution < -0.4 is 4.90 Å². The molecule has 0 aromatic heterocycles. The number of nitrogens with zero attached hydrogens (tertiary/aromatic N) is 3. The zero-order valence-electron chi connectivity index (χ0n) is 14.4. The van der Waals surface area contributed by atoms with Crippen LogP contribution in [0.25, 0.3) is 0 Å². The molecule has 5 rings (SSSR count). The summed E-state index contributed by atoms with van der Waals surface area (Å²) in [4.78, 5) is 38.3. The number of rotatable bonds is 3. The normalized spacial score (nSPS) is 22.9. The lowest BCUT2D eigenvalue weighted by Gasteiger charge is -2.40. The highest BCUT2D eigenvalue weighted by Gasteiger charge is 2.47. The van der Waals surface area contributed by atoms with Gasteiger partial charge in [-0.2, -0.15) is 4.31 Å². The van der Waals surface area contributed by atoms with E-state index in [9.17, 15) is 22.8 Å². The second-order valence-corrected chi connectivity index (χ2v) is 9.12. The summed E-state index contributed by atoms with van der Waals surface area (Å²) in [6, 6.07) is 2.82. The maximum absolute atomic E-state index is 13.0. The highest BCUT2D eigenvalue weighted by Crippen LogP contribution is 2.39. The summed E-state index contributed by atoms with van der Waals surface area (Å²) in [6.07, 6.45) is 0.862. The lowest BCUT2D eigenvalue weighted by Crippen LogP contribution is -2.62. The SMILES string of the molecule is O=C1CCc2cc(S(=O)(=O)N3CC(N4C(=O)COC4=O)C3)cc3c2N1CC3. The molecule has 10 heteroatoms. The Balaban J connectivity index is 1.40. The Morgan fingerprint density at radius 3 is 2.33 bits per heavy atom. The van der Waals surface area contributed by atoms with Gasteiger partial charge in [0, 0.05) is 26.1 Å². The Bertz CT molecular complexity index is 982. The fourth-order valence-electron chi connectivity index (χ4n) is 4.22. The Kier molecular flexibility index (Phi) is 3.41. The summed E-state index contributed by atoms with van der Waals surface area (Å²) in [5.74, 6) is -0.349. The lowest BCUT2D eigenvalue weighted by atomic mass is 10.00. The standard InChI is InChI=1S/C17H17N3O6S/c21-14-2-1-10-5-13(6-11-3-4-19(14)16(10)11)27(24,25)18-7-12(8-18)20-15(22)9-26-17(20)23/h5-6,12H,1-4,7-9H2. The molecule has 2 saturated heterocycles. The molecule has 2 fully saturated rings. The summed E-state index contributed by atoms with van der Waals surface area (Å²) >= 11 is 0. The molecule has 0 aliphatic carbocycles. The third kappa shape index (κ3) is 2.32. The van der Waals surface area contributed by atoms with E-state index < -0.39 is 28.1 Å². The Hall–Kier alpha value is -2.46. The molecule has 0 atom stereocenters. The van der Waals surface area contributed by atoms with Crippen molar-refractivity contribution >= 4 is 33.6 Å². The fourth-order valence-corrected chi connectivity index (χ4v) is 5.83. The molecule has 3 amide bonds. The molecule has 1 aromatic carbocycles. The maximum atomic E-state index is 13.0. The molecule has 4 aliphatic heterocycles. The fraction of sp³-hybridized carbons (Fsp3) is 0.471. The van der Waals surface area contributed by atoms with Gasteiger partial charge in [0.1, 0.15) is 0 Å². The smallest absolute Gasteiger partial charge is 0.417 e. The minimum atomic E-state index is -3.72. The van der Waals surface area contributed by atoms with Gasteiger partial charge in [0.25, 0.3) is 5.91 Å². The highest BCUT2D eigenvalue weighted by molar-refractivity contribution is 7.89. The van der Waals surface area contributed by atoms with Gasteiger partial charge < -0.3 is 9.64 Å². The van der Waals surface area contributed by atoms with E-state index in [1.807, 2.05) is 0 Å². The van der Waals surface area contributed by atoms with E-state index in [0.717, 1.165) is 21.7 Å². The van der Waals surface area contributed by atoms with Crippen LogP contribution in [0.15, 0.2) is 17.0 Å². The first-order valence-corrected chi connectivity index (χ1v) is 10.3. The number of hydrogen-bond donors (Lipinski definition) is 0. The predicted molar refractivity (Wildman–Crippen MR) is 91.6 cm³/mol. The monoisotopic (exact) mass is 391 g/mol. The van der Waals surface area contributed by atoms with Crippen molar-refractivity contribution in [1.29, 1.82) is 0 Å². The summed E-state index contributed by atoms with van der Waals surface area (Å²) in [5, 5.41) is 0. The van der Waals surface area contributed by atoms with Gasteiger partial charge in [0.2, 0.25) is 15.9 Å². The van der Waals surface area contributed by atoms with Gasteiger partial charge in [0.05, 0.1) is 16.6 Å². The average Bonchev–Trinajstić information content (AvgIpc) is 3.16. The van der Waals surface area contributed by atoms with Gasteiger partial charge in [-0.3, -0.25) is 9.59 Å². The van der Waals surface area contributed by atoms with Crippen molar-refractivity contribution in [3.63, 3.8) is 0 Å². The molecule has 4 heterocycles. The largest absolute Gasteiger partial charge is 0.439 e. The molecular weight excluding hydrogens is 374 g/mol. The van der Waals surface area contributed by atoms with E-state index in [1.165, 1.54) is 4.31 Å². The minimum Gasteiger partial charge on any atom is -0.439 e. The number of carbonyl (C=O) groups excluding carboxylic acids is 3. The molecule has 142 valence electrons. The van der Waals surface area contributed by atoms with Crippen molar-refractivity contribution in [3.8, 4) is 0 Å². The van der Waals surface area contributed by atoms with Gasteiger partial charge in [-0.25, -0.2) is 18.1 Å². The average molecular weight is 391 g/mol. The van der Waals surface area contributed by atoms with Gasteiger partial charge in [-0.1, -0.05) is 0 Å². The zero-order valence-corrected chi connectivity index (χ0v) is 15.2. The number of sulfonamides is 1. The number of ether oxygens (including phenoxy) is 1. The number of benzene rings is 1. The third-order valence-electron chi connectivity index (χ3n) is 5.64. The van der Waals surface area contributed by atoms with Crippen LogP contribution in [-0.4, -0.2) is 67.8 Å². The molecule has 0 saturated carbocycles. The number of aryl methyl sites for hydroxylation is 1. The number of anilines is 1. The second-order valence-electron chi connectivity index (χ2n) is 7.18. The number of hydrogen-bond acceptors (Lipinski definition) is 6. The van der Waals surface area contributed by atoms with Crippen molar-refractivity contribution in [2.45, 2.75) is 30.2 Å². The number of cyclic esters (lactones) is 1. The van der Waals surface area contributed by atoms with E-state index in [4.69, 9.17) is 0 Å². The van der Waals surface area contributed by atoms with E-state index in [2.05, 4.69) is 4.74 Å². The Morgan fingerprint density at radius 1 is 0.963 bits per heavy atom. The number of amides is 3. The quantitative estimate of drug-likeness (QED) is 0.711. The van der Waals surface area contributed by atoms with Gasteiger partial charge in [-0.05, 0) is 36.1 Å². The van der Waals surface area contributed by atoms with Crippen LogP contribution in [0.5, 0.6) is 0 Å². The number of carbonyl (C=O) groups is 3. The van der Waals surface area contributed by atoms with E-state index >= 15 is 0 Å². The molecule has 0 spiro atoms. The van der Waals surface area contributed by atoms with Crippen molar-refractivity contribution in [3.05, 3.63) is 23.3 Å². The first-order valence-electron chi connectivity index (χ1n) is 8.81. The van der Waals surface area contributed by atoms with Crippen molar-refractivity contribution in [2.24, 2.45) is 0 Å². The highest BCUT2D eigenvalue weighted by atomic mass is 32.2. The van der Waals surface area contributed by atoms with Crippen LogP contribution in [0.2, 0.25) is 0 Å². The van der Waals surface area contributed by atoms with Crippen LogP contribution >= 0.6 is 0 Å². The van der Waals surface area contributed by atoms with Crippen molar-refractivity contribution < 1.29 is 27.5 Å². The lowest BCUT2D eigenvalue weighted by molar-refractivity contribution is -0.128. The molecule has 0 bridgehead atoms. The van der Waals surface area contributed by atoms with Crippen LogP contribution in [0.3, 0.4) is 0 Å². The second kappa shape index (κ2) is 5.52. The molecule has 9 nitrogen and oxygen atoms in total. The molecule has 0 unspecified atom stereocenters. The summed E-state index contributed by atoms with van der Waals surface area (Å²) in [6.45, 7) is 0.446. The Labute approximate surface area is 155 Å². The van der Waals surface area contributed by atoms with Crippen molar-refractivity contribution in [1.82, 2.24) is 9.21 Å². The summed E-state index contributed by atoms with van der Waals surface area (Å²) in [5.41, 5.74) is 2.64. The van der Waals surface area contributed by atoms with Crippen LogP contribution in [0.1, 0.15) is 17.5 Å². The molecular formula is C17H17N3O6S. The molecule has 0 N–H and O–H groups in total. The summed E-state index contributed by atoms with van der Waals surface area (Å²) < 4.78 is 31.9. The van der Waals surface area contributed by atoms with Gasteiger partial charge >= 0.3 is 6.09 Å². The predicted octanol–water partition coefficient (Wildman–Crippen LogP) is -0.126. The molecule has 27 heavy (non-hydrogen) atoms.